The van der Waals surface area contributed by atoms with Crippen LogP contribution in [0.3, 0.4) is 0 Å². The Kier molecular flexibility index (Phi) is 11.3. The molecule has 9 nitrogen and oxygen atoms in total. The van der Waals surface area contributed by atoms with Crippen molar-refractivity contribution in [1.82, 2.24) is 5.32 Å². The van der Waals surface area contributed by atoms with Crippen molar-refractivity contribution in [3.8, 4) is 16.9 Å². The largest absolute Gasteiger partial charge is 0.508 e. The summed E-state index contributed by atoms with van der Waals surface area (Å²) in [5, 5.41) is 16.6. The first-order valence-corrected chi connectivity index (χ1v) is 16.1. The zero-order chi connectivity index (χ0) is 34.2. The van der Waals surface area contributed by atoms with Crippen LogP contribution in [0, 0.1) is 11.6 Å². The molecule has 0 unspecified atom stereocenters. The molecule has 1 aliphatic heterocycles. The Labute approximate surface area is 279 Å². The zero-order valence-corrected chi connectivity index (χ0v) is 27.2. The number of rotatable bonds is 12. The molecule has 0 atom stereocenters. The number of ether oxygens (including phenoxy) is 1. The fourth-order valence-corrected chi connectivity index (χ4v) is 5.92. The van der Waals surface area contributed by atoms with Crippen molar-refractivity contribution < 1.29 is 23.4 Å². The summed E-state index contributed by atoms with van der Waals surface area (Å²) in [6.07, 6.45) is 1.76. The maximum absolute atomic E-state index is 14.1. The van der Waals surface area contributed by atoms with E-state index in [2.05, 4.69) is 27.4 Å². The van der Waals surface area contributed by atoms with Gasteiger partial charge in [-0.15, -0.1) is 0 Å². The Balaban J connectivity index is 1.52. The van der Waals surface area contributed by atoms with Gasteiger partial charge in [-0.25, -0.2) is 8.78 Å². The molecule has 1 saturated heterocycles. The molecule has 0 bridgehead atoms. The predicted molar refractivity (Wildman–Crippen MR) is 188 cm³/mol. The Morgan fingerprint density at radius 2 is 1.71 bits per heavy atom. The number of nitrogens with zero attached hydrogens (tertiary/aromatic N) is 2. The summed E-state index contributed by atoms with van der Waals surface area (Å²) in [7, 11) is 1.91. The minimum Gasteiger partial charge on any atom is -0.508 e. The molecule has 1 fully saturated rings. The highest BCUT2D eigenvalue weighted by atomic mass is 19.1. The van der Waals surface area contributed by atoms with E-state index in [1.807, 2.05) is 19.2 Å². The fraction of sp³-hybridized carbons (Fsp3) is 0.297. The molecule has 0 radical (unpaired) electrons. The highest BCUT2D eigenvalue weighted by molar-refractivity contribution is 6.13. The zero-order valence-electron chi connectivity index (χ0n) is 27.2. The lowest BCUT2D eigenvalue weighted by Gasteiger charge is -2.27. The molecule has 252 valence electrons. The van der Waals surface area contributed by atoms with E-state index in [0.29, 0.717) is 46.7 Å². The van der Waals surface area contributed by atoms with Crippen LogP contribution in [0.25, 0.3) is 11.1 Å². The van der Waals surface area contributed by atoms with Crippen molar-refractivity contribution in [2.45, 2.75) is 32.2 Å². The van der Waals surface area contributed by atoms with E-state index < -0.39 is 17.5 Å². The third kappa shape index (κ3) is 8.47. The predicted octanol–water partition coefficient (Wildman–Crippen LogP) is 5.69. The summed E-state index contributed by atoms with van der Waals surface area (Å²) in [5.74, 6) is -1.93. The Bertz CT molecular complexity index is 1750. The summed E-state index contributed by atoms with van der Waals surface area (Å²) >= 11 is 0. The molecule has 1 aliphatic rings. The second-order valence-electron chi connectivity index (χ2n) is 11.8. The number of carbonyl (C=O) groups is 1. The molecular formula is C37H42F2N6O3. The highest BCUT2D eigenvalue weighted by Gasteiger charge is 2.21. The third-order valence-electron chi connectivity index (χ3n) is 8.46. The van der Waals surface area contributed by atoms with Crippen LogP contribution in [0.2, 0.25) is 0 Å². The number of aromatic hydroxyl groups is 1. The second kappa shape index (κ2) is 15.7. The van der Waals surface area contributed by atoms with Crippen molar-refractivity contribution in [2.75, 3.05) is 55.8 Å². The Hall–Kier alpha value is -5.00. The van der Waals surface area contributed by atoms with Gasteiger partial charge in [0.1, 0.15) is 23.2 Å². The normalized spacial score (nSPS) is 13.8. The molecule has 4 aromatic carbocycles. The number of aliphatic imine (C=N–C) groups is 1. The lowest BCUT2D eigenvalue weighted by Crippen LogP contribution is -2.31. The van der Waals surface area contributed by atoms with Gasteiger partial charge in [0.15, 0.2) is 0 Å². The smallest absolute Gasteiger partial charge is 0.281 e. The second-order valence-corrected chi connectivity index (χ2v) is 11.8. The van der Waals surface area contributed by atoms with E-state index in [0.717, 1.165) is 49.8 Å². The summed E-state index contributed by atoms with van der Waals surface area (Å²) in [6, 6.07) is 19.0. The average Bonchev–Trinajstić information content (AvgIpc) is 3.06. The third-order valence-corrected chi connectivity index (χ3v) is 8.46. The minimum absolute atomic E-state index is 0.0889. The number of nitrogens with two attached hydrogens (primary N) is 2. The number of anilines is 3. The van der Waals surface area contributed by atoms with Crippen molar-refractivity contribution in [2.24, 2.45) is 10.7 Å². The highest BCUT2D eigenvalue weighted by Crippen LogP contribution is 2.32. The van der Waals surface area contributed by atoms with Crippen LogP contribution in [0.1, 0.15) is 46.8 Å². The Morgan fingerprint density at radius 3 is 2.38 bits per heavy atom. The molecular weight excluding hydrogens is 614 g/mol. The van der Waals surface area contributed by atoms with Gasteiger partial charge < -0.3 is 36.8 Å². The minimum atomic E-state index is -0.696. The number of phenolic OH excluding ortho intramolecular Hbond substituents is 1. The fourth-order valence-electron chi connectivity index (χ4n) is 5.92. The van der Waals surface area contributed by atoms with Crippen molar-refractivity contribution >= 4 is 28.8 Å². The lowest BCUT2D eigenvalue weighted by molar-refractivity contribution is 0.0904. The summed E-state index contributed by atoms with van der Waals surface area (Å²) in [4.78, 5) is 20.3. The van der Waals surface area contributed by atoms with Gasteiger partial charge in [0, 0.05) is 67.6 Å². The molecule has 1 heterocycles. The summed E-state index contributed by atoms with van der Waals surface area (Å²) < 4.78 is 33.8. The van der Waals surface area contributed by atoms with Crippen molar-refractivity contribution in [1.29, 1.82) is 0 Å². The average molecular weight is 657 g/mol. The van der Waals surface area contributed by atoms with Crippen LogP contribution in [0.4, 0.5) is 25.8 Å². The van der Waals surface area contributed by atoms with Crippen LogP contribution in [-0.4, -0.2) is 62.8 Å². The number of halogens is 2. The molecule has 7 N–H and O–H groups in total. The molecule has 5 rings (SSSR count). The number of phenols is 1. The van der Waals surface area contributed by atoms with Gasteiger partial charge >= 0.3 is 0 Å². The van der Waals surface area contributed by atoms with Gasteiger partial charge in [0.2, 0.25) is 0 Å². The van der Waals surface area contributed by atoms with Crippen molar-refractivity contribution in [3.05, 3.63) is 107 Å². The molecule has 11 heteroatoms. The van der Waals surface area contributed by atoms with Crippen LogP contribution >= 0.6 is 0 Å². The SMILES string of the molecule is CCN(CCNC)c1ccc(C(=O)N=C(N)c2cc(Cc3cc(F)cc(F)c3)c(-c3ccc(O)cc3)cc2N)c(NC2CCOCC2)c1. The first kappa shape index (κ1) is 34.3. The van der Waals surface area contributed by atoms with Crippen LogP contribution in [0.15, 0.2) is 77.8 Å². The first-order valence-electron chi connectivity index (χ1n) is 16.1. The van der Waals surface area contributed by atoms with E-state index >= 15 is 0 Å². The summed E-state index contributed by atoms with van der Waals surface area (Å²) in [6.45, 7) is 5.76. The number of likely N-dealkylation sites (N-methyl/N-ethyl adjacent to an activating group) is 2. The first-order chi connectivity index (χ1) is 23.1. The molecule has 4 aromatic rings. The van der Waals surface area contributed by atoms with Gasteiger partial charge in [-0.1, -0.05) is 12.1 Å². The van der Waals surface area contributed by atoms with E-state index in [4.69, 9.17) is 16.2 Å². The lowest BCUT2D eigenvalue weighted by atomic mass is 9.91. The van der Waals surface area contributed by atoms with Gasteiger partial charge in [0.05, 0.1) is 5.56 Å². The molecule has 0 aliphatic carbocycles. The van der Waals surface area contributed by atoms with Crippen LogP contribution < -0.4 is 27.0 Å². The van der Waals surface area contributed by atoms with E-state index in [-0.39, 0.29) is 29.7 Å². The van der Waals surface area contributed by atoms with Gasteiger partial charge in [-0.05, 0) is 110 Å². The number of hydrogen-bond acceptors (Lipinski definition) is 7. The molecule has 48 heavy (non-hydrogen) atoms. The maximum Gasteiger partial charge on any atom is 0.281 e. The van der Waals surface area contributed by atoms with Crippen LogP contribution in [0.5, 0.6) is 5.75 Å². The van der Waals surface area contributed by atoms with Crippen LogP contribution in [-0.2, 0) is 11.2 Å². The monoisotopic (exact) mass is 656 g/mol. The van der Waals surface area contributed by atoms with E-state index in [9.17, 15) is 18.7 Å². The van der Waals surface area contributed by atoms with Gasteiger partial charge in [-0.3, -0.25) is 4.79 Å². The number of carbonyl (C=O) groups excluding carboxylic acids is 1. The number of hydrogen-bond donors (Lipinski definition) is 5. The number of nitrogen functional groups attached to an aromatic ring is 1. The number of nitrogens with one attached hydrogen (secondary N) is 2. The van der Waals surface area contributed by atoms with E-state index in [1.54, 1.807) is 30.3 Å². The number of amidine groups is 1. The van der Waals surface area contributed by atoms with Gasteiger partial charge in [-0.2, -0.15) is 4.99 Å². The quantitative estimate of drug-likeness (QED) is 0.0745. The molecule has 0 spiro atoms. The van der Waals surface area contributed by atoms with Gasteiger partial charge in [0.25, 0.3) is 5.91 Å². The standard InChI is InChI=1S/C37H42F2N6O3/c1-3-45(13-12-42-2)29-6-9-31(35(21-29)43-28-10-14-48-15-11-28)37(47)44-36(41)33-19-25(16-23-17-26(38)20-27(39)18-23)32(22-34(33)40)24-4-7-30(46)8-5-24/h4-9,17-22,28,42-43,46H,3,10-16,40H2,1-2H3,(H2,41,44,47). The summed E-state index contributed by atoms with van der Waals surface area (Å²) in [5.41, 5.74) is 18.0. The Morgan fingerprint density at radius 1 is 1.00 bits per heavy atom. The molecule has 0 saturated carbocycles. The maximum atomic E-state index is 14.1. The number of amides is 1. The molecule has 0 aromatic heterocycles. The van der Waals surface area contributed by atoms with E-state index in [1.165, 1.54) is 24.3 Å². The topological polar surface area (TPSA) is 138 Å². The number of benzene rings is 4. The molecule has 1 amide bonds. The van der Waals surface area contributed by atoms with Crippen molar-refractivity contribution in [3.63, 3.8) is 0 Å².